The van der Waals surface area contributed by atoms with Crippen LogP contribution in [0, 0.1) is 0 Å². The summed E-state index contributed by atoms with van der Waals surface area (Å²) in [6.07, 6.45) is -10.4. The molecule has 0 saturated carbocycles. The lowest BCUT2D eigenvalue weighted by atomic mass is 9.93. The van der Waals surface area contributed by atoms with Crippen molar-refractivity contribution in [3.05, 3.63) is 144 Å². The number of methoxy groups -OCH3 is 1. The fraction of sp³-hybridized carbons (Fsp3) is 0.415. The van der Waals surface area contributed by atoms with Gasteiger partial charge < -0.3 is 52.8 Å². The van der Waals surface area contributed by atoms with Crippen LogP contribution < -0.4 is 0 Å². The fourth-order valence-electron chi connectivity index (χ4n) is 7.62. The van der Waals surface area contributed by atoms with Crippen LogP contribution in [0.25, 0.3) is 0 Å². The first-order valence-corrected chi connectivity index (χ1v) is 17.7. The summed E-state index contributed by atoms with van der Waals surface area (Å²) < 4.78 is 58.6. The smallest absolute Gasteiger partial charge is 0.223 e. The predicted octanol–water partition coefficient (Wildman–Crippen LogP) is 4.59. The zero-order chi connectivity index (χ0) is 35.7. The van der Waals surface area contributed by atoms with E-state index in [-0.39, 0.29) is 13.2 Å². The first-order valence-electron chi connectivity index (χ1n) is 17.7. The Morgan fingerprint density at radius 1 is 0.635 bits per heavy atom. The number of aliphatic hydroxyl groups is 2. The summed E-state index contributed by atoms with van der Waals surface area (Å²) in [6.45, 7) is 1.67. The van der Waals surface area contributed by atoms with Gasteiger partial charge in [-0.15, -0.1) is 0 Å². The molecular weight excluding hydrogens is 668 g/mol. The molecule has 8 rings (SSSR count). The van der Waals surface area contributed by atoms with E-state index < -0.39 is 79.6 Å². The SMILES string of the molecule is CO[C@@H]1O[C@@H](C)[C@H](O[C@@H]2O[C@H]3[C@@H](OC(c4ccccc4)O[C@@H]3CO)[C@H](O)[C@@H]2OCc2ccccc2)[C@H]2OC(c3ccccc3)(c3ccccc3)O[C@@H]12. The molecule has 4 fully saturated rings. The van der Waals surface area contributed by atoms with Gasteiger partial charge in [0.25, 0.3) is 0 Å². The zero-order valence-electron chi connectivity index (χ0n) is 29.0. The summed E-state index contributed by atoms with van der Waals surface area (Å²) in [7, 11) is 1.57. The number of benzene rings is 4. The third-order valence-electron chi connectivity index (χ3n) is 10.2. The van der Waals surface area contributed by atoms with Gasteiger partial charge in [0.05, 0.1) is 19.3 Å². The van der Waals surface area contributed by atoms with Crippen molar-refractivity contribution in [1.82, 2.24) is 0 Å². The van der Waals surface area contributed by atoms with Crippen LogP contribution in [-0.2, 0) is 55.0 Å². The second-order valence-electron chi connectivity index (χ2n) is 13.5. The second-order valence-corrected chi connectivity index (χ2v) is 13.5. The highest BCUT2D eigenvalue weighted by atomic mass is 16.8. The molecule has 11 nitrogen and oxygen atoms in total. The minimum atomic E-state index is -1.30. The van der Waals surface area contributed by atoms with E-state index in [4.69, 9.17) is 42.6 Å². The topological polar surface area (TPSA) is 124 Å². The monoisotopic (exact) mass is 712 g/mol. The van der Waals surface area contributed by atoms with Gasteiger partial charge in [-0.3, -0.25) is 0 Å². The van der Waals surface area contributed by atoms with Gasteiger partial charge in [-0.05, 0) is 12.5 Å². The van der Waals surface area contributed by atoms with Crippen molar-refractivity contribution in [2.24, 2.45) is 0 Å². The molecule has 4 heterocycles. The van der Waals surface area contributed by atoms with E-state index >= 15 is 0 Å². The van der Waals surface area contributed by atoms with E-state index in [1.807, 2.05) is 128 Å². The van der Waals surface area contributed by atoms with Gasteiger partial charge in [-0.2, -0.15) is 0 Å². The van der Waals surface area contributed by atoms with Gasteiger partial charge in [0.15, 0.2) is 18.9 Å². The van der Waals surface area contributed by atoms with E-state index in [2.05, 4.69) is 0 Å². The molecule has 0 aliphatic carbocycles. The van der Waals surface area contributed by atoms with Crippen LogP contribution in [0.1, 0.15) is 35.5 Å². The molecule has 4 aliphatic heterocycles. The van der Waals surface area contributed by atoms with Crippen LogP contribution in [0.15, 0.2) is 121 Å². The highest BCUT2D eigenvalue weighted by Crippen LogP contribution is 2.49. The van der Waals surface area contributed by atoms with Gasteiger partial charge in [-0.1, -0.05) is 121 Å². The molecule has 4 aliphatic rings. The van der Waals surface area contributed by atoms with Crippen molar-refractivity contribution < 1.29 is 52.8 Å². The molecule has 0 aromatic heterocycles. The molecule has 4 aromatic rings. The summed E-state index contributed by atoms with van der Waals surface area (Å²) >= 11 is 0. The van der Waals surface area contributed by atoms with E-state index in [0.717, 1.165) is 22.3 Å². The molecule has 0 amide bonds. The Labute approximate surface area is 302 Å². The van der Waals surface area contributed by atoms with Crippen molar-refractivity contribution in [3.8, 4) is 0 Å². The van der Waals surface area contributed by atoms with Crippen molar-refractivity contribution in [2.75, 3.05) is 13.7 Å². The standard InChI is InChI=1S/C41H44O11/c1-25-32(36-37(39(44-2)46-25)52-41(51-36,28-19-11-5-12-20-28)29-21-13-6-14-22-29)48-40-35(45-24-26-15-7-3-8-16-26)31(43)34-33(49-40)30(23-42)47-38(50-34)27-17-9-4-10-18-27/h3-22,25,30-40,42-43H,23-24H2,1-2H3/t25-,30+,31-,32-,33+,34-,35-,36+,37+,38?,39+,40+/m0/s1. The number of hydrogen-bond acceptors (Lipinski definition) is 11. The Morgan fingerprint density at radius 2 is 1.23 bits per heavy atom. The predicted molar refractivity (Wildman–Crippen MR) is 185 cm³/mol. The maximum absolute atomic E-state index is 12.1. The minimum Gasteiger partial charge on any atom is -0.394 e. The Bertz CT molecular complexity index is 1670. The third-order valence-corrected chi connectivity index (χ3v) is 10.2. The molecule has 274 valence electrons. The number of aliphatic hydroxyl groups excluding tert-OH is 2. The summed E-state index contributed by atoms with van der Waals surface area (Å²) in [5, 5.41) is 22.6. The lowest BCUT2D eigenvalue weighted by Crippen LogP contribution is -2.67. The Balaban J connectivity index is 1.12. The molecule has 4 aromatic carbocycles. The Morgan fingerprint density at radius 3 is 1.85 bits per heavy atom. The molecule has 52 heavy (non-hydrogen) atoms. The van der Waals surface area contributed by atoms with Crippen molar-refractivity contribution in [2.45, 2.75) is 93.1 Å². The lowest BCUT2D eigenvalue weighted by molar-refractivity contribution is -0.399. The normalized spacial score (nSPS) is 35.4. The first-order chi connectivity index (χ1) is 25.5. The van der Waals surface area contributed by atoms with Crippen LogP contribution >= 0.6 is 0 Å². The van der Waals surface area contributed by atoms with Crippen LogP contribution in [-0.4, -0.2) is 91.4 Å². The summed E-state index contributed by atoms with van der Waals surface area (Å²) in [5.41, 5.74) is 3.24. The third kappa shape index (κ3) is 6.72. The highest BCUT2D eigenvalue weighted by Gasteiger charge is 2.61. The molecule has 4 saturated heterocycles. The maximum Gasteiger partial charge on any atom is 0.223 e. The number of rotatable bonds is 10. The Hall–Kier alpha value is -3.56. The molecule has 0 bridgehead atoms. The van der Waals surface area contributed by atoms with Crippen molar-refractivity contribution in [3.63, 3.8) is 0 Å². The van der Waals surface area contributed by atoms with Crippen molar-refractivity contribution in [1.29, 1.82) is 0 Å². The van der Waals surface area contributed by atoms with Gasteiger partial charge in [0.2, 0.25) is 5.79 Å². The van der Waals surface area contributed by atoms with Crippen LogP contribution in [0.5, 0.6) is 0 Å². The van der Waals surface area contributed by atoms with E-state index in [1.165, 1.54) is 0 Å². The second kappa shape index (κ2) is 15.4. The quantitative estimate of drug-likeness (QED) is 0.240. The van der Waals surface area contributed by atoms with Crippen LogP contribution in [0.4, 0.5) is 0 Å². The zero-order valence-corrected chi connectivity index (χ0v) is 29.0. The molecular formula is C41H44O11. The summed E-state index contributed by atoms with van der Waals surface area (Å²) in [4.78, 5) is 0. The average Bonchev–Trinajstić information content (AvgIpc) is 3.62. The van der Waals surface area contributed by atoms with E-state index in [1.54, 1.807) is 7.11 Å². The Kier molecular flexibility index (Phi) is 10.5. The highest BCUT2D eigenvalue weighted by molar-refractivity contribution is 5.35. The largest absolute Gasteiger partial charge is 0.394 e. The van der Waals surface area contributed by atoms with Gasteiger partial charge in [-0.25, -0.2) is 0 Å². The van der Waals surface area contributed by atoms with Gasteiger partial charge >= 0.3 is 0 Å². The van der Waals surface area contributed by atoms with Crippen LogP contribution in [0.3, 0.4) is 0 Å². The van der Waals surface area contributed by atoms with Gasteiger partial charge in [0.1, 0.15) is 48.8 Å². The summed E-state index contributed by atoms with van der Waals surface area (Å²) in [5.74, 6) is -1.30. The van der Waals surface area contributed by atoms with Crippen LogP contribution in [0.2, 0.25) is 0 Å². The lowest BCUT2D eigenvalue weighted by Gasteiger charge is -2.51. The minimum absolute atomic E-state index is 0.171. The average molecular weight is 713 g/mol. The number of fused-ring (bicyclic) bond motifs is 2. The molecule has 0 radical (unpaired) electrons. The number of hydrogen-bond donors (Lipinski definition) is 2. The number of ether oxygens (including phenoxy) is 9. The molecule has 11 heteroatoms. The van der Waals surface area contributed by atoms with Gasteiger partial charge in [0, 0.05) is 23.8 Å². The first kappa shape index (κ1) is 35.5. The maximum atomic E-state index is 12.1. The van der Waals surface area contributed by atoms with E-state index in [9.17, 15) is 10.2 Å². The fourth-order valence-corrected chi connectivity index (χ4v) is 7.62. The van der Waals surface area contributed by atoms with Crippen molar-refractivity contribution >= 4 is 0 Å². The molecule has 0 spiro atoms. The van der Waals surface area contributed by atoms with E-state index in [0.29, 0.717) is 0 Å². The summed E-state index contributed by atoms with van der Waals surface area (Å²) in [6, 6.07) is 38.5. The molecule has 2 N–H and O–H groups in total. The molecule has 12 atom stereocenters. The molecule has 1 unspecified atom stereocenters.